The molecule has 0 spiro atoms. The van der Waals surface area contributed by atoms with E-state index in [0.717, 1.165) is 11.1 Å². The van der Waals surface area contributed by atoms with Gasteiger partial charge in [-0.1, -0.05) is 6.07 Å². The van der Waals surface area contributed by atoms with Crippen molar-refractivity contribution in [1.29, 1.82) is 0 Å². The Balaban J connectivity index is 0. The lowest BCUT2D eigenvalue weighted by molar-refractivity contribution is 1.30. The van der Waals surface area contributed by atoms with Crippen LogP contribution < -0.4 is 5.73 Å². The lowest BCUT2D eigenvalue weighted by Crippen LogP contribution is -1.88. The maximum absolute atomic E-state index is 5.48. The summed E-state index contributed by atoms with van der Waals surface area (Å²) in [6.07, 6.45) is 5.29. The molecule has 88 valence electrons. The third-order valence-corrected chi connectivity index (χ3v) is 1.78. The number of anilines is 1. The molecule has 0 atom stereocenters. The summed E-state index contributed by atoms with van der Waals surface area (Å²) < 4.78 is 0. The second kappa shape index (κ2) is 8.16. The molecule has 2 aromatic heterocycles. The quantitative estimate of drug-likeness (QED) is 0.873. The summed E-state index contributed by atoms with van der Waals surface area (Å²) in [5.41, 5.74) is 7.56. The van der Waals surface area contributed by atoms with E-state index in [9.17, 15) is 0 Å². The number of nitrogen functional groups attached to an aromatic ring is 1. The average Bonchev–Trinajstić information content (AvgIpc) is 2.20. The maximum atomic E-state index is 5.48. The molecule has 2 heterocycles. The molecule has 0 amide bonds. The first-order valence-electron chi connectivity index (χ1n) is 3.98. The zero-order valence-corrected chi connectivity index (χ0v) is 10.7. The highest BCUT2D eigenvalue weighted by Crippen LogP contribution is 2.16. The maximum Gasteiger partial charge on any atom is 0.123 e. The fraction of sp³-hybridized carbons (Fsp3) is 0. The molecule has 0 saturated heterocycles. The van der Waals surface area contributed by atoms with Gasteiger partial charge in [0.15, 0.2) is 0 Å². The molecule has 0 aliphatic heterocycles. The number of aromatic nitrogens is 2. The van der Waals surface area contributed by atoms with Crippen LogP contribution in [0.5, 0.6) is 0 Å². The van der Waals surface area contributed by atoms with Crippen molar-refractivity contribution >= 4 is 43.0 Å². The molecule has 0 aliphatic carbocycles. The van der Waals surface area contributed by atoms with Crippen LogP contribution in [0.15, 0.2) is 42.9 Å². The van der Waals surface area contributed by atoms with E-state index in [1.165, 1.54) is 0 Å². The third-order valence-electron chi connectivity index (χ3n) is 1.78. The van der Waals surface area contributed by atoms with Crippen molar-refractivity contribution in [3.05, 3.63) is 42.9 Å². The SMILES string of the molecule is Cl.Cl.Cl.Nc1ccc(-c2cccnc2)cn1. The largest absolute Gasteiger partial charge is 0.384 e. The zero-order chi connectivity index (χ0) is 9.10. The van der Waals surface area contributed by atoms with Crippen molar-refractivity contribution in [3.63, 3.8) is 0 Å². The number of nitrogens with zero attached hydrogens (tertiary/aromatic N) is 2. The highest BCUT2D eigenvalue weighted by Gasteiger charge is 1.95. The van der Waals surface area contributed by atoms with E-state index in [-0.39, 0.29) is 37.2 Å². The Morgan fingerprint density at radius 2 is 1.56 bits per heavy atom. The fourth-order valence-electron chi connectivity index (χ4n) is 1.11. The summed E-state index contributed by atoms with van der Waals surface area (Å²) in [5, 5.41) is 0. The van der Waals surface area contributed by atoms with Crippen molar-refractivity contribution in [2.24, 2.45) is 0 Å². The molecule has 16 heavy (non-hydrogen) atoms. The van der Waals surface area contributed by atoms with Crippen LogP contribution in [0, 0.1) is 0 Å². The van der Waals surface area contributed by atoms with Gasteiger partial charge in [0.2, 0.25) is 0 Å². The molecule has 2 aromatic rings. The molecule has 3 nitrogen and oxygen atoms in total. The van der Waals surface area contributed by atoms with Crippen LogP contribution in [0.3, 0.4) is 0 Å². The predicted molar refractivity (Wildman–Crippen MR) is 73.6 cm³/mol. The van der Waals surface area contributed by atoms with E-state index in [4.69, 9.17) is 5.73 Å². The van der Waals surface area contributed by atoms with Gasteiger partial charge in [0.1, 0.15) is 5.82 Å². The first kappa shape index (κ1) is 17.4. The molecule has 2 N–H and O–H groups in total. The van der Waals surface area contributed by atoms with Gasteiger partial charge >= 0.3 is 0 Å². The minimum absolute atomic E-state index is 0. The van der Waals surface area contributed by atoms with Crippen molar-refractivity contribution in [3.8, 4) is 11.1 Å². The van der Waals surface area contributed by atoms with Gasteiger partial charge in [0, 0.05) is 29.7 Å². The molecule has 0 aliphatic rings. The number of hydrogen-bond donors (Lipinski definition) is 1. The molecule has 0 unspecified atom stereocenters. The van der Waals surface area contributed by atoms with Crippen molar-refractivity contribution in [1.82, 2.24) is 9.97 Å². The molecule has 0 aromatic carbocycles. The Morgan fingerprint density at radius 1 is 0.875 bits per heavy atom. The van der Waals surface area contributed by atoms with Gasteiger partial charge < -0.3 is 5.73 Å². The summed E-state index contributed by atoms with van der Waals surface area (Å²) in [6.45, 7) is 0. The van der Waals surface area contributed by atoms with Gasteiger partial charge in [-0.25, -0.2) is 4.98 Å². The predicted octanol–water partition coefficient (Wildman–Crippen LogP) is 2.99. The molecule has 0 radical (unpaired) electrons. The summed E-state index contributed by atoms with van der Waals surface area (Å²) >= 11 is 0. The minimum Gasteiger partial charge on any atom is -0.384 e. The van der Waals surface area contributed by atoms with Gasteiger partial charge in [-0.3, -0.25) is 4.98 Å². The smallest absolute Gasteiger partial charge is 0.123 e. The Kier molecular flexibility index (Phi) is 8.86. The standard InChI is InChI=1S/C10H9N3.3ClH/c11-10-4-3-9(7-13-10)8-2-1-5-12-6-8;;;/h1-7H,(H2,11,13);3*1H. The van der Waals surface area contributed by atoms with Gasteiger partial charge in [0.05, 0.1) is 0 Å². The van der Waals surface area contributed by atoms with Crippen LogP contribution in [0.4, 0.5) is 5.82 Å². The van der Waals surface area contributed by atoms with Gasteiger partial charge in [-0.15, -0.1) is 37.2 Å². The van der Waals surface area contributed by atoms with E-state index in [2.05, 4.69) is 9.97 Å². The molecular weight excluding hydrogens is 268 g/mol. The highest BCUT2D eigenvalue weighted by atomic mass is 35.5. The average molecular weight is 281 g/mol. The fourth-order valence-corrected chi connectivity index (χ4v) is 1.11. The Morgan fingerprint density at radius 3 is 2.06 bits per heavy atom. The van der Waals surface area contributed by atoms with Gasteiger partial charge in [-0.2, -0.15) is 0 Å². The summed E-state index contributed by atoms with van der Waals surface area (Å²) in [7, 11) is 0. The second-order valence-corrected chi connectivity index (χ2v) is 2.71. The monoisotopic (exact) mass is 279 g/mol. The van der Waals surface area contributed by atoms with Crippen LogP contribution in [0.1, 0.15) is 0 Å². The second-order valence-electron chi connectivity index (χ2n) is 2.71. The van der Waals surface area contributed by atoms with Crippen LogP contribution in [-0.4, -0.2) is 9.97 Å². The van der Waals surface area contributed by atoms with E-state index in [0.29, 0.717) is 5.82 Å². The molecule has 0 fully saturated rings. The first-order valence-corrected chi connectivity index (χ1v) is 3.98. The van der Waals surface area contributed by atoms with E-state index >= 15 is 0 Å². The summed E-state index contributed by atoms with van der Waals surface area (Å²) in [5.74, 6) is 0.535. The molecule has 0 saturated carbocycles. The van der Waals surface area contributed by atoms with Crippen molar-refractivity contribution in [2.45, 2.75) is 0 Å². The van der Waals surface area contributed by atoms with E-state index in [1.54, 1.807) is 24.7 Å². The third kappa shape index (κ3) is 4.23. The van der Waals surface area contributed by atoms with Crippen LogP contribution >= 0.6 is 37.2 Å². The van der Waals surface area contributed by atoms with Gasteiger partial charge in [0.25, 0.3) is 0 Å². The summed E-state index contributed by atoms with van der Waals surface area (Å²) in [4.78, 5) is 8.03. The number of rotatable bonds is 1. The van der Waals surface area contributed by atoms with E-state index in [1.807, 2.05) is 18.2 Å². The zero-order valence-electron chi connectivity index (χ0n) is 8.24. The van der Waals surface area contributed by atoms with Crippen LogP contribution in [-0.2, 0) is 0 Å². The van der Waals surface area contributed by atoms with Crippen molar-refractivity contribution in [2.75, 3.05) is 5.73 Å². The number of pyridine rings is 2. The Hall–Kier alpha value is -1.03. The molecule has 2 rings (SSSR count). The normalized spacial score (nSPS) is 8.00. The van der Waals surface area contributed by atoms with Crippen molar-refractivity contribution < 1.29 is 0 Å². The molecular formula is C10H12Cl3N3. The number of halogens is 3. The van der Waals surface area contributed by atoms with Crippen LogP contribution in [0.25, 0.3) is 11.1 Å². The van der Waals surface area contributed by atoms with Gasteiger partial charge in [-0.05, 0) is 18.2 Å². The van der Waals surface area contributed by atoms with E-state index < -0.39 is 0 Å². The lowest BCUT2D eigenvalue weighted by atomic mass is 10.1. The lowest BCUT2D eigenvalue weighted by Gasteiger charge is -1.99. The molecule has 6 heteroatoms. The Bertz CT molecular complexity index is 392. The topological polar surface area (TPSA) is 51.8 Å². The number of hydrogen-bond acceptors (Lipinski definition) is 3. The van der Waals surface area contributed by atoms with Crippen LogP contribution in [0.2, 0.25) is 0 Å². The number of nitrogens with two attached hydrogens (primary N) is 1. The summed E-state index contributed by atoms with van der Waals surface area (Å²) in [6, 6.07) is 7.59. The highest BCUT2D eigenvalue weighted by molar-refractivity contribution is 5.86. The Labute approximate surface area is 113 Å². The first-order chi connectivity index (χ1) is 6.36. The minimum atomic E-state index is 0. The molecule has 0 bridgehead atoms.